The Bertz CT molecular complexity index is 246. The summed E-state index contributed by atoms with van der Waals surface area (Å²) in [5, 5.41) is 3.29. The third-order valence-corrected chi connectivity index (χ3v) is 1.71. The number of nitrogens with zero attached hydrogens (tertiary/aromatic N) is 2. The van der Waals surface area contributed by atoms with Crippen molar-refractivity contribution in [2.45, 2.75) is 19.4 Å². The van der Waals surface area contributed by atoms with Gasteiger partial charge in [-0.3, -0.25) is 0 Å². The first-order valence-electron chi connectivity index (χ1n) is 4.51. The molecule has 0 radical (unpaired) electrons. The van der Waals surface area contributed by atoms with E-state index < -0.39 is 0 Å². The van der Waals surface area contributed by atoms with E-state index in [9.17, 15) is 0 Å². The Balaban J connectivity index is 2.61. The summed E-state index contributed by atoms with van der Waals surface area (Å²) in [5.74, 6) is 0.783. The molecule has 1 atom stereocenters. The first-order chi connectivity index (χ1) is 6.38. The first kappa shape index (κ1) is 9.86. The van der Waals surface area contributed by atoms with E-state index in [0.29, 0.717) is 0 Å². The summed E-state index contributed by atoms with van der Waals surface area (Å²) in [7, 11) is 0. The van der Waals surface area contributed by atoms with Crippen LogP contribution in [0.25, 0.3) is 0 Å². The van der Waals surface area contributed by atoms with Crippen LogP contribution in [0.15, 0.2) is 31.1 Å². The van der Waals surface area contributed by atoms with Crippen LogP contribution in [-0.4, -0.2) is 16.5 Å². The Hall–Kier alpha value is -1.22. The van der Waals surface area contributed by atoms with Crippen molar-refractivity contribution in [3.05, 3.63) is 36.9 Å². The monoisotopic (exact) mass is 177 g/mol. The summed E-state index contributed by atoms with van der Waals surface area (Å²) in [4.78, 5) is 8.32. The van der Waals surface area contributed by atoms with Crippen molar-refractivity contribution >= 4 is 0 Å². The molecule has 0 aliphatic heterocycles. The molecule has 0 aliphatic carbocycles. The molecule has 0 fully saturated rings. The topological polar surface area (TPSA) is 37.8 Å². The van der Waals surface area contributed by atoms with E-state index in [2.05, 4.69) is 28.8 Å². The van der Waals surface area contributed by atoms with Crippen LogP contribution in [0, 0.1) is 0 Å². The van der Waals surface area contributed by atoms with Crippen molar-refractivity contribution < 1.29 is 0 Å². The maximum atomic E-state index is 4.16. The molecule has 3 heteroatoms. The van der Waals surface area contributed by atoms with Gasteiger partial charge >= 0.3 is 0 Å². The standard InChI is InChI=1S/C10H15N3/c1-3-6-11-9(4-2)10-12-7-5-8-13-10/h4-5,7-9,11H,2-3,6H2,1H3. The highest BCUT2D eigenvalue weighted by Crippen LogP contribution is 2.06. The highest BCUT2D eigenvalue weighted by molar-refractivity contribution is 5.03. The fourth-order valence-electron chi connectivity index (χ4n) is 1.05. The van der Waals surface area contributed by atoms with Gasteiger partial charge in [0, 0.05) is 12.4 Å². The lowest BCUT2D eigenvalue weighted by Crippen LogP contribution is -2.21. The number of nitrogens with one attached hydrogen (secondary N) is 1. The predicted molar refractivity (Wildman–Crippen MR) is 53.3 cm³/mol. The van der Waals surface area contributed by atoms with Crippen molar-refractivity contribution in [2.75, 3.05) is 6.54 Å². The second-order valence-electron chi connectivity index (χ2n) is 2.77. The molecule has 0 saturated heterocycles. The van der Waals surface area contributed by atoms with Crippen LogP contribution in [0.1, 0.15) is 25.2 Å². The average Bonchev–Trinajstić information content (AvgIpc) is 2.21. The Morgan fingerprint density at radius 3 is 2.77 bits per heavy atom. The van der Waals surface area contributed by atoms with Crippen LogP contribution in [0.2, 0.25) is 0 Å². The Kier molecular flexibility index (Phi) is 4.12. The molecular formula is C10H15N3. The van der Waals surface area contributed by atoms with Gasteiger partial charge in [-0.25, -0.2) is 9.97 Å². The lowest BCUT2D eigenvalue weighted by Gasteiger charge is -2.11. The molecule has 0 amide bonds. The average molecular weight is 177 g/mol. The molecule has 0 aliphatic rings. The second kappa shape index (κ2) is 5.43. The van der Waals surface area contributed by atoms with Crippen LogP contribution in [0.4, 0.5) is 0 Å². The van der Waals surface area contributed by atoms with Gasteiger partial charge in [-0.15, -0.1) is 6.58 Å². The third-order valence-electron chi connectivity index (χ3n) is 1.71. The molecule has 70 valence electrons. The van der Waals surface area contributed by atoms with E-state index in [-0.39, 0.29) is 6.04 Å². The van der Waals surface area contributed by atoms with Crippen LogP contribution in [-0.2, 0) is 0 Å². The normalized spacial score (nSPS) is 12.4. The van der Waals surface area contributed by atoms with Gasteiger partial charge in [0.25, 0.3) is 0 Å². The van der Waals surface area contributed by atoms with Crippen molar-refractivity contribution in [3.8, 4) is 0 Å². The Morgan fingerprint density at radius 2 is 2.23 bits per heavy atom. The van der Waals surface area contributed by atoms with Gasteiger partial charge in [-0.2, -0.15) is 0 Å². The second-order valence-corrected chi connectivity index (χ2v) is 2.77. The van der Waals surface area contributed by atoms with Crippen molar-refractivity contribution in [2.24, 2.45) is 0 Å². The number of rotatable bonds is 5. The van der Waals surface area contributed by atoms with Gasteiger partial charge in [0.2, 0.25) is 0 Å². The Labute approximate surface area is 78.9 Å². The molecule has 0 spiro atoms. The maximum Gasteiger partial charge on any atom is 0.148 e. The van der Waals surface area contributed by atoms with Crippen molar-refractivity contribution in [3.63, 3.8) is 0 Å². The van der Waals surface area contributed by atoms with Crippen molar-refractivity contribution in [1.29, 1.82) is 0 Å². The largest absolute Gasteiger partial charge is 0.304 e. The zero-order chi connectivity index (χ0) is 9.52. The van der Waals surface area contributed by atoms with Crippen LogP contribution in [0.3, 0.4) is 0 Å². The van der Waals surface area contributed by atoms with Gasteiger partial charge in [0.05, 0.1) is 6.04 Å². The van der Waals surface area contributed by atoms with Gasteiger partial charge < -0.3 is 5.32 Å². The molecule has 1 rings (SSSR count). The zero-order valence-corrected chi connectivity index (χ0v) is 7.90. The van der Waals surface area contributed by atoms with E-state index >= 15 is 0 Å². The van der Waals surface area contributed by atoms with E-state index in [1.807, 2.05) is 12.1 Å². The van der Waals surface area contributed by atoms with Crippen LogP contribution >= 0.6 is 0 Å². The molecular weight excluding hydrogens is 162 g/mol. The zero-order valence-electron chi connectivity index (χ0n) is 7.90. The molecule has 0 aromatic carbocycles. The molecule has 0 saturated carbocycles. The van der Waals surface area contributed by atoms with E-state index in [4.69, 9.17) is 0 Å². The first-order valence-corrected chi connectivity index (χ1v) is 4.51. The SMILES string of the molecule is C=CC(NCCC)c1ncccn1. The highest BCUT2D eigenvalue weighted by Gasteiger charge is 2.07. The highest BCUT2D eigenvalue weighted by atomic mass is 15.0. The van der Waals surface area contributed by atoms with Crippen LogP contribution in [0.5, 0.6) is 0 Å². The minimum Gasteiger partial charge on any atom is -0.304 e. The molecule has 0 bridgehead atoms. The van der Waals surface area contributed by atoms with Crippen LogP contribution < -0.4 is 5.32 Å². The molecule has 1 unspecified atom stereocenters. The number of aromatic nitrogens is 2. The predicted octanol–water partition coefficient (Wildman–Crippen LogP) is 1.70. The van der Waals surface area contributed by atoms with Gasteiger partial charge in [-0.1, -0.05) is 13.0 Å². The molecule has 1 heterocycles. The smallest absolute Gasteiger partial charge is 0.148 e. The van der Waals surface area contributed by atoms with Gasteiger partial charge in [-0.05, 0) is 19.0 Å². The van der Waals surface area contributed by atoms with Crippen molar-refractivity contribution in [1.82, 2.24) is 15.3 Å². The van der Waals surface area contributed by atoms with E-state index in [0.717, 1.165) is 18.8 Å². The summed E-state index contributed by atoms with van der Waals surface area (Å²) in [5.41, 5.74) is 0. The maximum absolute atomic E-state index is 4.16. The fourth-order valence-corrected chi connectivity index (χ4v) is 1.05. The molecule has 1 aromatic rings. The minimum absolute atomic E-state index is 0.0705. The number of hydrogen-bond acceptors (Lipinski definition) is 3. The molecule has 1 N–H and O–H groups in total. The summed E-state index contributed by atoms with van der Waals surface area (Å²) in [6.07, 6.45) is 6.40. The molecule has 3 nitrogen and oxygen atoms in total. The Morgan fingerprint density at radius 1 is 1.54 bits per heavy atom. The third kappa shape index (κ3) is 2.95. The number of hydrogen-bond donors (Lipinski definition) is 1. The molecule has 1 aromatic heterocycles. The summed E-state index contributed by atoms with van der Waals surface area (Å²) >= 11 is 0. The fraction of sp³-hybridized carbons (Fsp3) is 0.400. The summed E-state index contributed by atoms with van der Waals surface area (Å²) in [6, 6.07) is 1.88. The lowest BCUT2D eigenvalue weighted by atomic mass is 10.2. The van der Waals surface area contributed by atoms with Gasteiger partial charge in [0.15, 0.2) is 0 Å². The van der Waals surface area contributed by atoms with E-state index in [1.54, 1.807) is 12.4 Å². The molecule has 13 heavy (non-hydrogen) atoms. The lowest BCUT2D eigenvalue weighted by molar-refractivity contribution is 0.586. The quantitative estimate of drug-likeness (QED) is 0.696. The summed E-state index contributed by atoms with van der Waals surface area (Å²) in [6.45, 7) is 6.83. The van der Waals surface area contributed by atoms with E-state index in [1.165, 1.54) is 0 Å². The van der Waals surface area contributed by atoms with Gasteiger partial charge in [0.1, 0.15) is 5.82 Å². The minimum atomic E-state index is 0.0705. The summed E-state index contributed by atoms with van der Waals surface area (Å²) < 4.78 is 0.